The van der Waals surface area contributed by atoms with Gasteiger partial charge in [-0.1, -0.05) is 6.42 Å². The van der Waals surface area contributed by atoms with Gasteiger partial charge in [0.1, 0.15) is 0 Å². The molecule has 1 saturated heterocycles. The molecule has 1 fully saturated rings. The number of thiazole rings is 1. The molecule has 7 nitrogen and oxygen atoms in total. The maximum Gasteiger partial charge on any atom is 0.245 e. The average Bonchev–Trinajstić information content (AvgIpc) is 2.92. The number of hydrogen-bond acceptors (Lipinski definition) is 6. The first-order chi connectivity index (χ1) is 10.2. The predicted molar refractivity (Wildman–Crippen MR) is 81.9 cm³/mol. The van der Waals surface area contributed by atoms with Crippen LogP contribution in [0.5, 0.6) is 0 Å². The van der Waals surface area contributed by atoms with Crippen LogP contribution in [0, 0.1) is 0 Å². The molecule has 1 aromatic rings. The summed E-state index contributed by atoms with van der Waals surface area (Å²) in [6, 6.07) is 0. The molecule has 0 unspecified atom stereocenters. The molecule has 8 heteroatoms. The Morgan fingerprint density at radius 2 is 2.05 bits per heavy atom. The van der Waals surface area contributed by atoms with Gasteiger partial charge in [0.05, 0.1) is 18.8 Å². The van der Waals surface area contributed by atoms with Crippen molar-refractivity contribution in [3.63, 3.8) is 0 Å². The van der Waals surface area contributed by atoms with Crippen molar-refractivity contribution >= 4 is 28.3 Å². The number of carbonyl (C=O) groups excluding carboxylic acids is 2. The van der Waals surface area contributed by atoms with E-state index in [4.69, 9.17) is 5.73 Å². The van der Waals surface area contributed by atoms with E-state index in [0.717, 1.165) is 25.3 Å². The first kappa shape index (κ1) is 15.9. The molecular formula is C13H21N5O2S. The van der Waals surface area contributed by atoms with E-state index in [0.29, 0.717) is 5.13 Å². The number of nitrogens with zero attached hydrogens (tertiary/aromatic N) is 2. The Kier molecular flexibility index (Phi) is 6.09. The molecule has 0 atom stereocenters. The van der Waals surface area contributed by atoms with Crippen LogP contribution < -0.4 is 16.4 Å². The molecule has 116 valence electrons. The molecule has 0 radical (unpaired) electrons. The number of rotatable bonds is 6. The van der Waals surface area contributed by atoms with Crippen molar-refractivity contribution < 1.29 is 9.59 Å². The number of amides is 2. The number of likely N-dealkylation sites (tertiary alicyclic amines) is 1. The SMILES string of the molecule is NCC(=O)NCC(=O)Nc1nc(CN2CCCCC2)cs1. The Labute approximate surface area is 127 Å². The van der Waals surface area contributed by atoms with E-state index in [2.05, 4.69) is 20.5 Å². The molecular weight excluding hydrogens is 290 g/mol. The van der Waals surface area contributed by atoms with E-state index in [9.17, 15) is 9.59 Å². The van der Waals surface area contributed by atoms with Crippen molar-refractivity contribution in [2.45, 2.75) is 25.8 Å². The Morgan fingerprint density at radius 3 is 2.76 bits per heavy atom. The standard InChI is InChI=1S/C13H21N5O2S/c14-6-11(19)15-7-12(20)17-13-16-10(9-21-13)8-18-4-2-1-3-5-18/h9H,1-8,14H2,(H,15,19)(H,16,17,20). The van der Waals surface area contributed by atoms with E-state index in [1.165, 1.54) is 30.6 Å². The second kappa shape index (κ2) is 8.06. The summed E-state index contributed by atoms with van der Waals surface area (Å²) in [5.74, 6) is -0.647. The summed E-state index contributed by atoms with van der Waals surface area (Å²) in [4.78, 5) is 29.4. The Hall–Kier alpha value is -1.51. The van der Waals surface area contributed by atoms with Gasteiger partial charge in [-0.15, -0.1) is 11.3 Å². The number of carbonyl (C=O) groups is 2. The van der Waals surface area contributed by atoms with E-state index in [1.807, 2.05) is 5.38 Å². The lowest BCUT2D eigenvalue weighted by molar-refractivity contribution is -0.123. The number of anilines is 1. The van der Waals surface area contributed by atoms with Crippen LogP contribution in [0.1, 0.15) is 25.0 Å². The molecule has 1 aliphatic rings. The molecule has 0 saturated carbocycles. The fraction of sp³-hybridized carbons (Fsp3) is 0.615. The Morgan fingerprint density at radius 1 is 1.29 bits per heavy atom. The van der Waals surface area contributed by atoms with Crippen molar-refractivity contribution in [3.05, 3.63) is 11.1 Å². The molecule has 2 heterocycles. The highest BCUT2D eigenvalue weighted by Gasteiger charge is 2.13. The second-order valence-electron chi connectivity index (χ2n) is 5.01. The van der Waals surface area contributed by atoms with Crippen molar-refractivity contribution in [1.82, 2.24) is 15.2 Å². The van der Waals surface area contributed by atoms with Gasteiger partial charge in [0, 0.05) is 11.9 Å². The van der Waals surface area contributed by atoms with Gasteiger partial charge < -0.3 is 16.4 Å². The van der Waals surface area contributed by atoms with E-state index in [1.54, 1.807) is 0 Å². The van der Waals surface area contributed by atoms with Gasteiger partial charge in [-0.05, 0) is 25.9 Å². The zero-order chi connectivity index (χ0) is 15.1. The highest BCUT2D eigenvalue weighted by atomic mass is 32.1. The molecule has 1 aliphatic heterocycles. The third-order valence-electron chi connectivity index (χ3n) is 3.26. The summed E-state index contributed by atoms with van der Waals surface area (Å²) >= 11 is 1.40. The lowest BCUT2D eigenvalue weighted by Crippen LogP contribution is -2.36. The zero-order valence-corrected chi connectivity index (χ0v) is 12.7. The van der Waals surface area contributed by atoms with Gasteiger partial charge in [-0.3, -0.25) is 14.5 Å². The van der Waals surface area contributed by atoms with E-state index in [-0.39, 0.29) is 24.9 Å². The van der Waals surface area contributed by atoms with Crippen LogP contribution in [0.3, 0.4) is 0 Å². The summed E-state index contributed by atoms with van der Waals surface area (Å²) < 4.78 is 0. The molecule has 21 heavy (non-hydrogen) atoms. The molecule has 0 aliphatic carbocycles. The number of nitrogens with two attached hydrogens (primary N) is 1. The van der Waals surface area contributed by atoms with Crippen LogP contribution in [0.2, 0.25) is 0 Å². The normalized spacial score (nSPS) is 15.7. The third kappa shape index (κ3) is 5.41. The molecule has 4 N–H and O–H groups in total. The Balaban J connectivity index is 1.76. The van der Waals surface area contributed by atoms with Crippen molar-refractivity contribution in [1.29, 1.82) is 0 Å². The lowest BCUT2D eigenvalue weighted by atomic mass is 10.1. The molecule has 2 rings (SSSR count). The first-order valence-corrected chi connectivity index (χ1v) is 7.98. The van der Waals surface area contributed by atoms with Crippen LogP contribution in [-0.4, -0.2) is 47.9 Å². The van der Waals surface area contributed by atoms with Crippen LogP contribution in [0.4, 0.5) is 5.13 Å². The lowest BCUT2D eigenvalue weighted by Gasteiger charge is -2.25. The first-order valence-electron chi connectivity index (χ1n) is 7.11. The number of nitrogens with one attached hydrogen (secondary N) is 2. The number of hydrogen-bond donors (Lipinski definition) is 3. The maximum absolute atomic E-state index is 11.6. The summed E-state index contributed by atoms with van der Waals surface area (Å²) in [5, 5.41) is 7.62. The van der Waals surface area contributed by atoms with Crippen LogP contribution in [0.25, 0.3) is 0 Å². The van der Waals surface area contributed by atoms with E-state index < -0.39 is 0 Å². The van der Waals surface area contributed by atoms with Crippen LogP contribution in [0.15, 0.2) is 5.38 Å². The van der Waals surface area contributed by atoms with Crippen molar-refractivity contribution in [2.75, 3.05) is 31.5 Å². The summed E-state index contributed by atoms with van der Waals surface area (Å²) in [7, 11) is 0. The Bertz CT molecular complexity index is 485. The minimum absolute atomic E-state index is 0.0862. The van der Waals surface area contributed by atoms with Gasteiger partial charge in [0.25, 0.3) is 0 Å². The fourth-order valence-corrected chi connectivity index (χ4v) is 2.92. The van der Waals surface area contributed by atoms with Gasteiger partial charge in [0.15, 0.2) is 5.13 Å². The molecule has 2 amide bonds. The topological polar surface area (TPSA) is 100 Å². The molecule has 0 aromatic carbocycles. The zero-order valence-electron chi connectivity index (χ0n) is 11.9. The van der Waals surface area contributed by atoms with Crippen molar-refractivity contribution in [3.8, 4) is 0 Å². The largest absolute Gasteiger partial charge is 0.346 e. The molecule has 1 aromatic heterocycles. The minimum Gasteiger partial charge on any atom is -0.346 e. The number of aromatic nitrogens is 1. The van der Waals surface area contributed by atoms with Gasteiger partial charge in [-0.2, -0.15) is 0 Å². The quantitative estimate of drug-likeness (QED) is 0.694. The monoisotopic (exact) mass is 311 g/mol. The fourth-order valence-electron chi connectivity index (χ4n) is 2.20. The van der Waals surface area contributed by atoms with E-state index >= 15 is 0 Å². The van der Waals surface area contributed by atoms with Crippen molar-refractivity contribution in [2.24, 2.45) is 5.73 Å². The summed E-state index contributed by atoms with van der Waals surface area (Å²) in [5.41, 5.74) is 6.12. The highest BCUT2D eigenvalue weighted by molar-refractivity contribution is 7.13. The maximum atomic E-state index is 11.6. The van der Waals surface area contributed by atoms with Gasteiger partial charge in [0.2, 0.25) is 11.8 Å². The highest BCUT2D eigenvalue weighted by Crippen LogP contribution is 2.18. The smallest absolute Gasteiger partial charge is 0.245 e. The summed E-state index contributed by atoms with van der Waals surface area (Å²) in [6.45, 7) is 2.85. The molecule has 0 bridgehead atoms. The predicted octanol–water partition coefficient (Wildman–Crippen LogP) is 0.142. The minimum atomic E-state index is -0.352. The third-order valence-corrected chi connectivity index (χ3v) is 4.07. The van der Waals surface area contributed by atoms with Gasteiger partial charge in [-0.25, -0.2) is 4.98 Å². The summed E-state index contributed by atoms with van der Waals surface area (Å²) in [6.07, 6.45) is 3.80. The van der Waals surface area contributed by atoms with Crippen LogP contribution >= 0.6 is 11.3 Å². The molecule has 0 spiro atoms. The average molecular weight is 311 g/mol. The second-order valence-corrected chi connectivity index (χ2v) is 5.87. The van der Waals surface area contributed by atoms with Crippen LogP contribution in [-0.2, 0) is 16.1 Å². The number of piperidine rings is 1. The van der Waals surface area contributed by atoms with Gasteiger partial charge >= 0.3 is 0 Å².